The number of ether oxygens (including phenoxy) is 2. The van der Waals surface area contributed by atoms with Gasteiger partial charge >= 0.3 is 0 Å². The standard InChI is InChI=1S/C53H52N16O16S2/c1-11-28-49-67-35(25(8)84-49)46(80)58-22(5)41(75)59-23(6)48-63-31(16-83-48)37-27(12-13-29(60-37)42(76)57-21(4)40(74)56-20(3)39(73)55-19(2)38(54)72)52-64-33(17-86-52)44(78)66-34(24(7)71)45(79)62-30(14-15-70)50-68-36(26(9)85-50)47(81)69-51(82-10)53-65-32(18-87-53)43(77)61-28/h11-14,16-18,24,26,34,36,51,70-71H,2-6,15H2,1,7-10H3,(H2,54,72)(H,55,73)(H,56,74)(H,57,76)(H,58,80)(H,59,75)(H,61,77)(H,62,79)(H,66,78)(H,69,81)/b28-11-,30-14-/t24-,26?,34-,36?,51?/m1/s1. The molecule has 0 saturated heterocycles. The number of methoxy groups -OCH3 is 1. The molecule has 7 heterocycles. The number of nitrogens with two attached hydrogens (primary N) is 1. The molecule has 2 aliphatic rings. The number of hydrogen-bond acceptors (Lipinski definition) is 24. The number of aliphatic hydroxyl groups excluding tert-OH is 2. The third kappa shape index (κ3) is 14.9. The fourth-order valence-corrected chi connectivity index (χ4v) is 9.07. The number of allylic oxidation sites excluding steroid dienone is 1. The van der Waals surface area contributed by atoms with Gasteiger partial charge in [-0.3, -0.25) is 47.9 Å². The molecule has 452 valence electrons. The van der Waals surface area contributed by atoms with E-state index in [9.17, 15) is 58.2 Å². The Morgan fingerprint density at radius 3 is 2.11 bits per heavy atom. The van der Waals surface area contributed by atoms with Crippen molar-refractivity contribution in [3.8, 4) is 22.0 Å². The second kappa shape index (κ2) is 27.2. The minimum atomic E-state index is -1.72. The molecule has 10 amide bonds. The minimum absolute atomic E-state index is 0.00337. The van der Waals surface area contributed by atoms with Crippen LogP contribution in [0.5, 0.6) is 0 Å². The number of primary amides is 1. The molecule has 0 radical (unpaired) electrons. The van der Waals surface area contributed by atoms with Crippen LogP contribution in [0.3, 0.4) is 0 Å². The number of fused-ring (bicyclic) bond motifs is 12. The number of pyridine rings is 1. The summed E-state index contributed by atoms with van der Waals surface area (Å²) in [5.41, 5.74) is 0.924. The van der Waals surface area contributed by atoms with Crippen molar-refractivity contribution in [3.05, 3.63) is 148 Å². The Labute approximate surface area is 499 Å². The molecule has 0 fully saturated rings. The molecule has 10 bridgehead atoms. The summed E-state index contributed by atoms with van der Waals surface area (Å²) in [7, 11) is 1.27. The van der Waals surface area contributed by atoms with Gasteiger partial charge in [0.25, 0.3) is 53.2 Å². The zero-order chi connectivity index (χ0) is 63.7. The topological polar surface area (TPSA) is 467 Å². The van der Waals surface area contributed by atoms with Gasteiger partial charge in [-0.2, -0.15) is 0 Å². The first-order valence-electron chi connectivity index (χ1n) is 25.1. The van der Waals surface area contributed by atoms with Crippen molar-refractivity contribution in [1.29, 1.82) is 0 Å². The van der Waals surface area contributed by atoms with Crippen LogP contribution in [-0.4, -0.2) is 138 Å². The summed E-state index contributed by atoms with van der Waals surface area (Å²) in [5.74, 6) is -10.7. The molecule has 0 aromatic carbocycles. The summed E-state index contributed by atoms with van der Waals surface area (Å²) in [6.45, 7) is 22.6. The smallest absolute Gasteiger partial charge is 0.278 e. The molecule has 13 N–H and O–H groups in total. The van der Waals surface area contributed by atoms with Crippen molar-refractivity contribution in [2.75, 3.05) is 13.7 Å². The molecule has 7 rings (SSSR count). The third-order valence-corrected chi connectivity index (χ3v) is 13.7. The van der Waals surface area contributed by atoms with E-state index >= 15 is 0 Å². The quantitative estimate of drug-likeness (QED) is 0.0809. The highest BCUT2D eigenvalue weighted by molar-refractivity contribution is 7.13. The molecular formula is C53H52N16O16S2. The summed E-state index contributed by atoms with van der Waals surface area (Å²) in [4.78, 5) is 159. The highest BCUT2D eigenvalue weighted by Crippen LogP contribution is 2.34. The van der Waals surface area contributed by atoms with Crippen molar-refractivity contribution in [3.63, 3.8) is 0 Å². The second-order valence-electron chi connectivity index (χ2n) is 18.2. The lowest BCUT2D eigenvalue weighted by atomic mass is 10.1. The highest BCUT2D eigenvalue weighted by Gasteiger charge is 2.38. The summed E-state index contributed by atoms with van der Waals surface area (Å²) in [5, 5.41) is 44.8. The van der Waals surface area contributed by atoms with Crippen molar-refractivity contribution in [1.82, 2.24) is 72.8 Å². The number of amides is 10. The summed E-state index contributed by atoms with van der Waals surface area (Å²) < 4.78 is 22.7. The van der Waals surface area contributed by atoms with Crippen LogP contribution >= 0.6 is 22.7 Å². The van der Waals surface area contributed by atoms with E-state index < -0.39 is 125 Å². The SMILES string of the molecule is C=C(NC(=O)C(=C)NC(=O)C(=C)NC(=O)c1ccc2c(n1)-c1coc(n1)C(=C)NC(=O)C(=C)NC(=O)c1nc(oc1C)/C(=C/C)NC(=O)c1csc(n1)C(OC)NC(=O)C1N=C(OC1C)/C(=C/CO)NC(=O)[C@@H]([C@@H](C)O)NC(=O)c1csc-2n1)C(N)=O. The number of thiazole rings is 2. The number of rotatable bonds is 10. The fourth-order valence-electron chi connectivity index (χ4n) is 7.42. The lowest BCUT2D eigenvalue weighted by molar-refractivity contribution is -0.127. The van der Waals surface area contributed by atoms with E-state index in [4.69, 9.17) is 24.0 Å². The number of aliphatic imine (C=N–C) groups is 1. The third-order valence-electron chi connectivity index (χ3n) is 11.9. The van der Waals surface area contributed by atoms with Gasteiger partial charge in [0.15, 0.2) is 18.0 Å². The molecular weight excluding hydrogens is 1180 g/mol. The minimum Gasteiger partial charge on any atom is -0.471 e. The predicted molar refractivity (Wildman–Crippen MR) is 305 cm³/mol. The number of aryl methyl sites for hydroxylation is 1. The Hall–Kier alpha value is -10.9. The molecule has 32 nitrogen and oxygen atoms in total. The van der Waals surface area contributed by atoms with Gasteiger partial charge in [-0.25, -0.2) is 29.9 Å². The molecule has 3 unspecified atom stereocenters. The van der Waals surface area contributed by atoms with Crippen LogP contribution < -0.4 is 53.6 Å². The van der Waals surface area contributed by atoms with E-state index in [0.29, 0.717) is 0 Å². The molecule has 2 aliphatic heterocycles. The molecule has 34 heteroatoms. The fraction of sp³-hybridized carbons (Fsp3) is 0.208. The Balaban J connectivity index is 1.22. The number of oxazole rings is 2. The highest BCUT2D eigenvalue weighted by atomic mass is 32.1. The number of aliphatic hydroxyl groups is 2. The molecule has 5 aromatic heterocycles. The van der Waals surface area contributed by atoms with E-state index in [0.717, 1.165) is 35.0 Å². The average Bonchev–Trinajstić information content (AvgIpc) is 2.86. The van der Waals surface area contributed by atoms with E-state index in [1.54, 1.807) is 6.92 Å². The van der Waals surface area contributed by atoms with Crippen LogP contribution in [0.1, 0.15) is 91.5 Å². The Morgan fingerprint density at radius 1 is 0.782 bits per heavy atom. The van der Waals surface area contributed by atoms with E-state index in [1.807, 2.05) is 5.32 Å². The van der Waals surface area contributed by atoms with Gasteiger partial charge in [0, 0.05) is 23.4 Å². The lowest BCUT2D eigenvalue weighted by Crippen LogP contribution is -2.52. The Kier molecular flexibility index (Phi) is 19.9. The van der Waals surface area contributed by atoms with E-state index in [-0.39, 0.29) is 84.6 Å². The van der Waals surface area contributed by atoms with Crippen LogP contribution in [0.15, 0.2) is 117 Å². The maximum absolute atomic E-state index is 13.9. The maximum Gasteiger partial charge on any atom is 0.278 e. The summed E-state index contributed by atoms with van der Waals surface area (Å²) in [6, 6.07) is -0.490. The monoisotopic (exact) mass is 1230 g/mol. The van der Waals surface area contributed by atoms with Crippen LogP contribution in [0, 0.1) is 6.92 Å². The van der Waals surface area contributed by atoms with Crippen LogP contribution in [0.2, 0.25) is 0 Å². The molecule has 0 aliphatic carbocycles. The number of aromatic nitrogens is 5. The van der Waals surface area contributed by atoms with Gasteiger partial charge in [0.2, 0.25) is 23.6 Å². The van der Waals surface area contributed by atoms with Gasteiger partial charge in [0.1, 0.15) is 74.0 Å². The molecule has 87 heavy (non-hydrogen) atoms. The normalized spacial score (nSPS) is 19.2. The van der Waals surface area contributed by atoms with Crippen LogP contribution in [-0.2, 0) is 38.2 Å². The number of carbonyl (C=O) groups excluding carboxylic acids is 10. The number of nitrogens with one attached hydrogen (secondary N) is 9. The van der Waals surface area contributed by atoms with Crippen molar-refractivity contribution >= 4 is 99.0 Å². The maximum atomic E-state index is 13.9. The molecule has 5 aromatic rings. The lowest BCUT2D eigenvalue weighted by Gasteiger charge is -2.21. The predicted octanol–water partition coefficient (Wildman–Crippen LogP) is -0.145. The van der Waals surface area contributed by atoms with E-state index in [1.165, 1.54) is 56.8 Å². The molecule has 5 atom stereocenters. The van der Waals surface area contributed by atoms with E-state index in [2.05, 4.69) is 105 Å². The zero-order valence-corrected chi connectivity index (χ0v) is 48.0. The number of carbonyl (C=O) groups is 10. The van der Waals surface area contributed by atoms with Gasteiger partial charge in [-0.05, 0) is 45.9 Å². The molecule has 0 saturated carbocycles. The Morgan fingerprint density at radius 2 is 1.45 bits per heavy atom. The Bertz CT molecular complexity index is 3860. The first kappa shape index (κ1) is 63.6. The first-order chi connectivity index (χ1) is 41.2. The van der Waals surface area contributed by atoms with Crippen molar-refractivity contribution in [2.45, 2.75) is 58.2 Å². The average molecular weight is 1230 g/mol. The van der Waals surface area contributed by atoms with Crippen LogP contribution in [0.4, 0.5) is 0 Å². The second-order valence-corrected chi connectivity index (χ2v) is 19.9. The van der Waals surface area contributed by atoms with Crippen molar-refractivity contribution < 1.29 is 76.5 Å². The van der Waals surface area contributed by atoms with Gasteiger partial charge in [-0.15, -0.1) is 22.7 Å². The number of nitrogens with zero attached hydrogens (tertiary/aromatic N) is 6. The van der Waals surface area contributed by atoms with Gasteiger partial charge in [-0.1, -0.05) is 39.0 Å². The van der Waals surface area contributed by atoms with Gasteiger partial charge < -0.3 is 82.1 Å². The first-order valence-corrected chi connectivity index (χ1v) is 26.8. The van der Waals surface area contributed by atoms with Crippen LogP contribution in [0.25, 0.3) is 33.4 Å². The summed E-state index contributed by atoms with van der Waals surface area (Å²) >= 11 is 1.82. The van der Waals surface area contributed by atoms with Gasteiger partial charge in [0.05, 0.1) is 41.2 Å². The number of hydrogen-bond donors (Lipinski definition) is 12. The van der Waals surface area contributed by atoms with Crippen molar-refractivity contribution in [2.24, 2.45) is 10.7 Å². The summed E-state index contributed by atoms with van der Waals surface area (Å²) in [6.07, 6.45) is -0.232. The zero-order valence-electron chi connectivity index (χ0n) is 46.4. The largest absolute Gasteiger partial charge is 0.471 e. The molecule has 0 spiro atoms.